The van der Waals surface area contributed by atoms with Gasteiger partial charge in [-0.2, -0.15) is 0 Å². The highest BCUT2D eigenvalue weighted by atomic mass is 32.2. The lowest BCUT2D eigenvalue weighted by Gasteiger charge is -1.97. The van der Waals surface area contributed by atoms with E-state index < -0.39 is 5.97 Å². The van der Waals surface area contributed by atoms with Crippen LogP contribution in [-0.2, 0) is 0 Å². The first kappa shape index (κ1) is 11.3. The molecular formula is C9H7N3O4S. The summed E-state index contributed by atoms with van der Waals surface area (Å²) >= 11 is 0.977. The Morgan fingerprint density at radius 2 is 2.29 bits per heavy atom. The number of aromatic carboxylic acids is 1. The van der Waals surface area contributed by atoms with E-state index in [1.807, 2.05) is 0 Å². The molecule has 88 valence electrons. The molecule has 0 aromatic carbocycles. The fourth-order valence-electron chi connectivity index (χ4n) is 1.09. The van der Waals surface area contributed by atoms with Gasteiger partial charge in [-0.25, -0.2) is 9.78 Å². The summed E-state index contributed by atoms with van der Waals surface area (Å²) in [6.07, 6.45) is 0. The number of nitrogen functional groups attached to an aromatic ring is 1. The number of carbonyl (C=O) groups is 1. The van der Waals surface area contributed by atoms with E-state index in [1.54, 1.807) is 0 Å². The monoisotopic (exact) mass is 253 g/mol. The molecule has 0 radical (unpaired) electrons. The molecule has 0 aliphatic carbocycles. The topological polar surface area (TPSA) is 122 Å². The summed E-state index contributed by atoms with van der Waals surface area (Å²) in [7, 11) is 0. The van der Waals surface area contributed by atoms with Gasteiger partial charge in [0.2, 0.25) is 5.76 Å². The maximum atomic E-state index is 11.1. The van der Waals surface area contributed by atoms with E-state index in [1.165, 1.54) is 12.1 Å². The lowest BCUT2D eigenvalue weighted by Crippen LogP contribution is -2.09. The quantitative estimate of drug-likeness (QED) is 0.691. The number of aromatic amines is 1. The van der Waals surface area contributed by atoms with E-state index in [9.17, 15) is 9.59 Å². The summed E-state index contributed by atoms with van der Waals surface area (Å²) in [5.41, 5.74) is 5.01. The molecule has 0 atom stereocenters. The first-order valence-electron chi connectivity index (χ1n) is 4.42. The van der Waals surface area contributed by atoms with Crippen LogP contribution in [0.4, 0.5) is 5.82 Å². The fraction of sp³-hybridized carbons (Fsp3) is 0. The largest absolute Gasteiger partial charge is 0.475 e. The second kappa shape index (κ2) is 4.34. The third-order valence-corrected chi connectivity index (χ3v) is 2.54. The summed E-state index contributed by atoms with van der Waals surface area (Å²) < 4.78 is 4.99. The van der Waals surface area contributed by atoms with Gasteiger partial charge in [-0.15, -0.1) is 0 Å². The van der Waals surface area contributed by atoms with Gasteiger partial charge in [0.1, 0.15) is 5.82 Å². The van der Waals surface area contributed by atoms with Crippen LogP contribution in [0.1, 0.15) is 10.6 Å². The van der Waals surface area contributed by atoms with Crippen LogP contribution in [0.25, 0.3) is 0 Å². The van der Waals surface area contributed by atoms with Crippen molar-refractivity contribution in [2.24, 2.45) is 0 Å². The lowest BCUT2D eigenvalue weighted by molar-refractivity contribution is 0.0656. The zero-order valence-electron chi connectivity index (χ0n) is 8.34. The van der Waals surface area contributed by atoms with E-state index in [2.05, 4.69) is 9.97 Å². The van der Waals surface area contributed by atoms with Crippen molar-refractivity contribution in [3.8, 4) is 0 Å². The number of carboxylic acids is 1. The zero-order chi connectivity index (χ0) is 12.4. The molecular weight excluding hydrogens is 246 g/mol. The standard InChI is InChI=1S/C9H7N3O4S/c10-5-3-6(13)12-9(11-5)17-7-2-1-4(16-7)8(14)15/h1-3H,(H,14,15)(H3,10,11,12,13). The SMILES string of the molecule is Nc1cc(=O)[nH]c(Sc2ccc(C(=O)O)o2)n1. The summed E-state index contributed by atoms with van der Waals surface area (Å²) in [4.78, 5) is 28.0. The maximum Gasteiger partial charge on any atom is 0.371 e. The zero-order valence-corrected chi connectivity index (χ0v) is 9.15. The molecule has 2 rings (SSSR count). The number of nitrogens with two attached hydrogens (primary N) is 1. The van der Waals surface area contributed by atoms with Gasteiger partial charge in [0.05, 0.1) is 0 Å². The van der Waals surface area contributed by atoms with Gasteiger partial charge in [0.15, 0.2) is 10.2 Å². The van der Waals surface area contributed by atoms with Gasteiger partial charge < -0.3 is 20.2 Å². The minimum atomic E-state index is -1.16. The number of furan rings is 1. The number of rotatable bonds is 3. The molecule has 7 nitrogen and oxygen atoms in total. The first-order valence-corrected chi connectivity index (χ1v) is 5.24. The molecule has 0 saturated carbocycles. The Bertz CT molecular complexity index is 619. The van der Waals surface area contributed by atoms with Crippen molar-refractivity contribution < 1.29 is 14.3 Å². The molecule has 0 aliphatic rings. The van der Waals surface area contributed by atoms with Crippen LogP contribution in [0.15, 0.2) is 37.7 Å². The maximum absolute atomic E-state index is 11.1. The summed E-state index contributed by atoms with van der Waals surface area (Å²) in [5, 5.41) is 9.20. The normalized spacial score (nSPS) is 10.4. The molecule has 0 saturated heterocycles. The minimum absolute atomic E-state index is 0.0845. The summed E-state index contributed by atoms with van der Waals surface area (Å²) in [5.74, 6) is -1.26. The van der Waals surface area contributed by atoms with Crippen molar-refractivity contribution in [3.05, 3.63) is 34.3 Å². The second-order valence-electron chi connectivity index (χ2n) is 3.00. The van der Waals surface area contributed by atoms with E-state index in [0.717, 1.165) is 17.8 Å². The Hall–Kier alpha value is -2.22. The van der Waals surface area contributed by atoms with Gasteiger partial charge in [-0.3, -0.25) is 4.79 Å². The molecule has 0 unspecified atom stereocenters. The van der Waals surface area contributed by atoms with Gasteiger partial charge >= 0.3 is 5.97 Å². The predicted octanol–water partition coefficient (Wildman–Crippen LogP) is 0.794. The number of nitrogens with one attached hydrogen (secondary N) is 1. The number of aromatic nitrogens is 2. The third kappa shape index (κ3) is 2.67. The molecule has 0 amide bonds. The molecule has 2 heterocycles. The van der Waals surface area contributed by atoms with Gasteiger partial charge in [0, 0.05) is 6.07 Å². The van der Waals surface area contributed by atoms with Gasteiger partial charge in [-0.05, 0) is 23.9 Å². The van der Waals surface area contributed by atoms with E-state index in [0.29, 0.717) is 5.09 Å². The molecule has 2 aromatic heterocycles. The Morgan fingerprint density at radius 1 is 1.53 bits per heavy atom. The average molecular weight is 253 g/mol. The van der Waals surface area contributed by atoms with Crippen LogP contribution in [0.2, 0.25) is 0 Å². The van der Waals surface area contributed by atoms with E-state index >= 15 is 0 Å². The highest BCUT2D eigenvalue weighted by Crippen LogP contribution is 2.26. The molecule has 17 heavy (non-hydrogen) atoms. The first-order chi connectivity index (χ1) is 8.04. The number of hydrogen-bond donors (Lipinski definition) is 3. The van der Waals surface area contributed by atoms with Crippen LogP contribution >= 0.6 is 11.8 Å². The molecule has 4 N–H and O–H groups in total. The summed E-state index contributed by atoms with van der Waals surface area (Å²) in [6.45, 7) is 0. The number of nitrogens with zero attached hydrogens (tertiary/aromatic N) is 1. The van der Waals surface area contributed by atoms with E-state index in [-0.39, 0.29) is 22.3 Å². The highest BCUT2D eigenvalue weighted by Gasteiger charge is 2.11. The Labute approximate surface area is 98.7 Å². The predicted molar refractivity (Wildman–Crippen MR) is 59.1 cm³/mol. The highest BCUT2D eigenvalue weighted by molar-refractivity contribution is 7.99. The van der Waals surface area contributed by atoms with E-state index in [4.69, 9.17) is 15.3 Å². The summed E-state index contributed by atoms with van der Waals surface area (Å²) in [6, 6.07) is 3.93. The third-order valence-electron chi connectivity index (χ3n) is 1.73. The molecule has 0 spiro atoms. The fourth-order valence-corrected chi connectivity index (χ4v) is 1.85. The van der Waals surface area contributed by atoms with Crippen LogP contribution in [-0.4, -0.2) is 21.0 Å². The molecule has 0 fully saturated rings. The Balaban J connectivity index is 2.25. The molecule has 0 bridgehead atoms. The van der Waals surface area contributed by atoms with Crippen molar-refractivity contribution in [2.75, 3.05) is 5.73 Å². The van der Waals surface area contributed by atoms with Crippen molar-refractivity contribution in [2.45, 2.75) is 10.2 Å². The number of hydrogen-bond acceptors (Lipinski definition) is 6. The van der Waals surface area contributed by atoms with Crippen LogP contribution in [0.5, 0.6) is 0 Å². The number of H-pyrrole nitrogens is 1. The molecule has 0 aliphatic heterocycles. The second-order valence-corrected chi connectivity index (χ2v) is 3.99. The number of anilines is 1. The van der Waals surface area contributed by atoms with Crippen molar-refractivity contribution in [1.29, 1.82) is 0 Å². The molecule has 8 heteroatoms. The Morgan fingerprint density at radius 3 is 2.88 bits per heavy atom. The van der Waals surface area contributed by atoms with Crippen molar-refractivity contribution in [1.82, 2.24) is 9.97 Å². The molecule has 2 aromatic rings. The van der Waals surface area contributed by atoms with Crippen molar-refractivity contribution in [3.63, 3.8) is 0 Å². The minimum Gasteiger partial charge on any atom is -0.475 e. The lowest BCUT2D eigenvalue weighted by atomic mass is 10.5. The van der Waals surface area contributed by atoms with Crippen LogP contribution in [0, 0.1) is 0 Å². The Kier molecular flexibility index (Phi) is 2.88. The van der Waals surface area contributed by atoms with Crippen LogP contribution in [0.3, 0.4) is 0 Å². The van der Waals surface area contributed by atoms with Gasteiger partial charge in [0.25, 0.3) is 5.56 Å². The van der Waals surface area contributed by atoms with Crippen molar-refractivity contribution >= 4 is 23.5 Å². The average Bonchev–Trinajstić information content (AvgIpc) is 2.64. The smallest absolute Gasteiger partial charge is 0.371 e. The van der Waals surface area contributed by atoms with Gasteiger partial charge in [-0.1, -0.05) is 0 Å². The van der Waals surface area contributed by atoms with Crippen LogP contribution < -0.4 is 11.3 Å². The number of carboxylic acid groups (broad SMARTS) is 1.